The van der Waals surface area contributed by atoms with Crippen LogP contribution < -0.4 is 4.80 Å². The Morgan fingerprint density at radius 3 is 2.78 bits per heavy atom. The molecule has 9 heteroatoms. The van der Waals surface area contributed by atoms with E-state index < -0.39 is 10.8 Å². The number of carbonyl (C=O) groups is 1. The van der Waals surface area contributed by atoms with E-state index in [9.17, 15) is 14.9 Å². The van der Waals surface area contributed by atoms with Crippen LogP contribution in [0.15, 0.2) is 41.9 Å². The van der Waals surface area contributed by atoms with Gasteiger partial charge in [-0.15, -0.1) is 6.58 Å². The van der Waals surface area contributed by atoms with Crippen LogP contribution in [0.2, 0.25) is 0 Å². The van der Waals surface area contributed by atoms with E-state index in [1.807, 2.05) is 20.8 Å². The minimum Gasteiger partial charge on any atom is -0.312 e. The van der Waals surface area contributed by atoms with Gasteiger partial charge >= 0.3 is 0 Å². The lowest BCUT2D eigenvalue weighted by molar-refractivity contribution is -0.384. The van der Waals surface area contributed by atoms with Gasteiger partial charge in [-0.2, -0.15) is 10.1 Å². The fraction of sp³-hybridized carbons (Fsp3) is 0.278. The van der Waals surface area contributed by atoms with Gasteiger partial charge in [-0.05, 0) is 32.9 Å². The predicted octanol–water partition coefficient (Wildman–Crippen LogP) is 3.62. The Morgan fingerprint density at radius 2 is 2.19 bits per heavy atom. The second-order valence-electron chi connectivity index (χ2n) is 6.32. The Morgan fingerprint density at radius 1 is 1.44 bits per heavy atom. The normalized spacial score (nSPS) is 12.1. The Hall–Kier alpha value is -3.07. The van der Waals surface area contributed by atoms with Gasteiger partial charge in [0.1, 0.15) is 0 Å². The van der Waals surface area contributed by atoms with Crippen LogP contribution in [0.4, 0.5) is 5.69 Å². The summed E-state index contributed by atoms with van der Waals surface area (Å²) in [4.78, 5) is 27.9. The zero-order valence-electron chi connectivity index (χ0n) is 15.2. The van der Waals surface area contributed by atoms with Gasteiger partial charge in [-0.3, -0.25) is 19.6 Å². The standard InChI is InChI=1S/C18H19N5O3S/c1-5-8-21-15-7-6-13(23(25)26)10-16(15)27-18(21)19-17(24)14-9-12(4)22(20-14)11(2)3/h5-7,9-11H,1,8H2,2-4H3. The van der Waals surface area contributed by atoms with Crippen molar-refractivity contribution in [2.75, 3.05) is 0 Å². The zero-order chi connectivity index (χ0) is 19.7. The monoisotopic (exact) mass is 385 g/mol. The molecule has 2 aromatic heterocycles. The molecule has 0 aliphatic rings. The van der Waals surface area contributed by atoms with E-state index in [2.05, 4.69) is 16.7 Å². The molecule has 0 spiro atoms. The number of carbonyl (C=O) groups excluding carboxylic acids is 1. The van der Waals surface area contributed by atoms with Crippen LogP contribution in [0.25, 0.3) is 10.2 Å². The predicted molar refractivity (Wildman–Crippen MR) is 104 cm³/mol. The molecule has 0 N–H and O–H groups in total. The van der Waals surface area contributed by atoms with E-state index in [4.69, 9.17) is 0 Å². The Balaban J connectivity index is 2.12. The lowest BCUT2D eigenvalue weighted by Gasteiger charge is -2.06. The highest BCUT2D eigenvalue weighted by Crippen LogP contribution is 2.23. The summed E-state index contributed by atoms with van der Waals surface area (Å²) in [6, 6.07) is 6.44. The van der Waals surface area contributed by atoms with Gasteiger partial charge in [0.05, 0.1) is 15.1 Å². The van der Waals surface area contributed by atoms with Gasteiger partial charge in [-0.25, -0.2) is 0 Å². The average Bonchev–Trinajstić information content (AvgIpc) is 3.16. The first-order chi connectivity index (χ1) is 12.8. The third-order valence-electron chi connectivity index (χ3n) is 4.02. The van der Waals surface area contributed by atoms with E-state index in [0.717, 1.165) is 11.2 Å². The number of hydrogen-bond acceptors (Lipinski definition) is 5. The van der Waals surface area contributed by atoms with Crippen molar-refractivity contribution in [2.24, 2.45) is 4.99 Å². The topological polar surface area (TPSA) is 95.3 Å². The number of non-ortho nitro benzene ring substituents is 1. The van der Waals surface area contributed by atoms with Gasteiger partial charge in [-0.1, -0.05) is 17.4 Å². The first kappa shape index (κ1) is 18.7. The molecule has 0 atom stereocenters. The molecule has 0 aliphatic heterocycles. The fourth-order valence-electron chi connectivity index (χ4n) is 2.83. The molecule has 0 unspecified atom stereocenters. The maximum absolute atomic E-state index is 12.6. The summed E-state index contributed by atoms with van der Waals surface area (Å²) in [7, 11) is 0. The minimum atomic E-state index is -0.448. The number of nitro groups is 1. The quantitative estimate of drug-likeness (QED) is 0.381. The van der Waals surface area contributed by atoms with Gasteiger partial charge in [0.25, 0.3) is 11.6 Å². The molecule has 2 heterocycles. The van der Waals surface area contributed by atoms with Crippen molar-refractivity contribution in [3.8, 4) is 0 Å². The number of hydrogen-bond donors (Lipinski definition) is 0. The molecule has 0 bridgehead atoms. The minimum absolute atomic E-state index is 0.00122. The summed E-state index contributed by atoms with van der Waals surface area (Å²) in [6.45, 7) is 10.0. The molecular weight excluding hydrogens is 366 g/mol. The van der Waals surface area contributed by atoms with Crippen molar-refractivity contribution in [1.29, 1.82) is 0 Å². The number of rotatable bonds is 5. The van der Waals surface area contributed by atoms with Gasteiger partial charge in [0.15, 0.2) is 10.5 Å². The summed E-state index contributed by atoms with van der Waals surface area (Å²) in [6.07, 6.45) is 1.69. The van der Waals surface area contributed by atoms with Crippen LogP contribution in [0.5, 0.6) is 0 Å². The number of amides is 1. The second-order valence-corrected chi connectivity index (χ2v) is 7.33. The van der Waals surface area contributed by atoms with Crippen LogP contribution in [-0.4, -0.2) is 25.2 Å². The average molecular weight is 385 g/mol. The third kappa shape index (κ3) is 3.59. The molecule has 0 fully saturated rings. The molecule has 0 saturated heterocycles. The summed E-state index contributed by atoms with van der Waals surface area (Å²) >= 11 is 1.22. The number of nitro benzene ring substituents is 1. The van der Waals surface area contributed by atoms with Crippen LogP contribution in [-0.2, 0) is 6.54 Å². The Bertz CT molecular complexity index is 1120. The summed E-state index contributed by atoms with van der Waals surface area (Å²) < 4.78 is 4.26. The molecule has 3 rings (SSSR count). The number of fused-ring (bicyclic) bond motifs is 1. The molecule has 140 valence electrons. The van der Waals surface area contributed by atoms with E-state index in [0.29, 0.717) is 16.0 Å². The van der Waals surface area contributed by atoms with Crippen molar-refractivity contribution in [1.82, 2.24) is 14.3 Å². The number of nitrogens with zero attached hydrogens (tertiary/aromatic N) is 5. The van der Waals surface area contributed by atoms with Gasteiger partial charge < -0.3 is 4.57 Å². The molecule has 0 aliphatic carbocycles. The third-order valence-corrected chi connectivity index (χ3v) is 5.06. The highest BCUT2D eigenvalue weighted by atomic mass is 32.1. The van der Waals surface area contributed by atoms with Gasteiger partial charge in [0, 0.05) is 30.4 Å². The number of benzene rings is 1. The largest absolute Gasteiger partial charge is 0.312 e. The van der Waals surface area contributed by atoms with Crippen LogP contribution >= 0.6 is 11.3 Å². The van der Waals surface area contributed by atoms with Crippen LogP contribution in [0, 0.1) is 17.0 Å². The molecule has 0 saturated carbocycles. The zero-order valence-corrected chi connectivity index (χ0v) is 16.1. The fourth-order valence-corrected chi connectivity index (χ4v) is 3.90. The van der Waals surface area contributed by atoms with Crippen LogP contribution in [0.3, 0.4) is 0 Å². The lowest BCUT2D eigenvalue weighted by Crippen LogP contribution is -2.16. The molecule has 3 aromatic rings. The Labute approximate surface area is 159 Å². The summed E-state index contributed by atoms with van der Waals surface area (Å²) in [5.74, 6) is -0.448. The number of aromatic nitrogens is 3. The maximum atomic E-state index is 12.6. The smallest absolute Gasteiger partial charge is 0.300 e. The maximum Gasteiger partial charge on any atom is 0.300 e. The first-order valence-electron chi connectivity index (χ1n) is 8.35. The van der Waals surface area contributed by atoms with Crippen molar-refractivity contribution in [3.05, 3.63) is 63.2 Å². The van der Waals surface area contributed by atoms with Crippen molar-refractivity contribution in [2.45, 2.75) is 33.4 Å². The van der Waals surface area contributed by atoms with Crippen molar-refractivity contribution < 1.29 is 9.72 Å². The molecule has 0 radical (unpaired) electrons. The van der Waals surface area contributed by atoms with E-state index in [1.165, 1.54) is 23.5 Å². The first-order valence-corrected chi connectivity index (χ1v) is 9.17. The van der Waals surface area contributed by atoms with Crippen LogP contribution in [0.1, 0.15) is 36.1 Å². The molecule has 1 aromatic carbocycles. The van der Waals surface area contributed by atoms with E-state index in [-0.39, 0.29) is 17.4 Å². The lowest BCUT2D eigenvalue weighted by atomic mass is 10.3. The molecule has 8 nitrogen and oxygen atoms in total. The summed E-state index contributed by atoms with van der Waals surface area (Å²) in [5, 5.41) is 15.3. The van der Waals surface area contributed by atoms with Gasteiger partial charge in [0.2, 0.25) is 0 Å². The van der Waals surface area contributed by atoms with Crippen molar-refractivity contribution >= 4 is 33.1 Å². The number of allylic oxidation sites excluding steroid dienone is 1. The summed E-state index contributed by atoms with van der Waals surface area (Å²) in [5.41, 5.74) is 1.92. The van der Waals surface area contributed by atoms with E-state index >= 15 is 0 Å². The molecule has 27 heavy (non-hydrogen) atoms. The number of thiazole rings is 1. The highest BCUT2D eigenvalue weighted by Gasteiger charge is 2.15. The highest BCUT2D eigenvalue weighted by molar-refractivity contribution is 7.16. The Kier molecular flexibility index (Phi) is 5.04. The molecule has 1 amide bonds. The SMILES string of the molecule is C=CCn1c(=NC(=O)c2cc(C)n(C(C)C)n2)sc2cc([N+](=O)[O-])ccc21. The number of aryl methyl sites for hydroxylation is 1. The molecular formula is C18H19N5O3S. The van der Waals surface area contributed by atoms with E-state index in [1.54, 1.807) is 27.5 Å². The van der Waals surface area contributed by atoms with Crippen molar-refractivity contribution in [3.63, 3.8) is 0 Å². The second kappa shape index (κ2) is 7.28.